The molecule has 0 bridgehead atoms. The Labute approximate surface area is 84.0 Å². The van der Waals surface area contributed by atoms with Crippen LogP contribution in [0, 0.1) is 6.92 Å². The minimum atomic E-state index is 0.0165. The maximum Gasteiger partial charge on any atom is 0.271 e. The highest BCUT2D eigenvalue weighted by Crippen LogP contribution is 2.03. The lowest BCUT2D eigenvalue weighted by atomic mass is 10.3. The van der Waals surface area contributed by atoms with Crippen molar-refractivity contribution >= 4 is 5.70 Å². The molecule has 0 fully saturated rings. The lowest BCUT2D eigenvalue weighted by Gasteiger charge is -2.08. The van der Waals surface area contributed by atoms with Crippen LogP contribution < -0.4 is 5.56 Å². The van der Waals surface area contributed by atoms with Gasteiger partial charge in [0.25, 0.3) is 5.56 Å². The van der Waals surface area contributed by atoms with Crippen LogP contribution in [0.3, 0.4) is 0 Å². The summed E-state index contributed by atoms with van der Waals surface area (Å²) in [6.45, 7) is 7.47. The maximum atomic E-state index is 11.5. The van der Waals surface area contributed by atoms with Crippen molar-refractivity contribution in [2.24, 2.45) is 7.05 Å². The van der Waals surface area contributed by atoms with Crippen molar-refractivity contribution in [1.82, 2.24) is 9.36 Å². The summed E-state index contributed by atoms with van der Waals surface area (Å²) in [5, 5.41) is 0. The number of hydrogen-bond acceptors (Lipinski definition) is 1. The molecule has 1 rings (SSSR count). The fourth-order valence-electron chi connectivity index (χ4n) is 1.39. The Balaban J connectivity index is 3.18. The van der Waals surface area contributed by atoms with E-state index in [9.17, 15) is 4.79 Å². The minimum absolute atomic E-state index is 0.0165. The molecule has 0 aliphatic carbocycles. The summed E-state index contributed by atoms with van der Waals surface area (Å²) in [5.41, 5.74) is 1.91. The molecule has 1 aromatic heterocycles. The maximum absolute atomic E-state index is 11.5. The second kappa shape index (κ2) is 4.13. The second-order valence-electron chi connectivity index (χ2n) is 3.33. The van der Waals surface area contributed by atoms with Crippen molar-refractivity contribution in [1.29, 1.82) is 0 Å². The summed E-state index contributed by atoms with van der Waals surface area (Å²) < 4.78 is 3.50. The summed E-state index contributed by atoms with van der Waals surface area (Å²) in [6, 6.07) is 1.63. The van der Waals surface area contributed by atoms with Crippen LogP contribution in [0.25, 0.3) is 5.70 Å². The van der Waals surface area contributed by atoms with Gasteiger partial charge in [0, 0.05) is 24.5 Å². The number of hydrogen-bond donors (Lipinski definition) is 0. The molecule has 0 amide bonds. The average Bonchev–Trinajstić information content (AvgIpc) is 2.38. The van der Waals surface area contributed by atoms with E-state index in [1.54, 1.807) is 10.7 Å². The standard InChI is InChI=1S/C11H16N2O/c1-5-6-7-9(2)13-11(14)8-10(3)12(13)4/h5,7-8H,1,6H2,2-4H3/b9-7+. The first-order valence-electron chi connectivity index (χ1n) is 4.61. The summed E-state index contributed by atoms with van der Waals surface area (Å²) in [5.74, 6) is 0. The monoisotopic (exact) mass is 192 g/mol. The smallest absolute Gasteiger partial charge is 0.271 e. The molecule has 0 unspecified atom stereocenters. The van der Waals surface area contributed by atoms with Crippen LogP contribution in [0.2, 0.25) is 0 Å². The Morgan fingerprint density at radius 1 is 1.64 bits per heavy atom. The summed E-state index contributed by atoms with van der Waals surface area (Å²) in [4.78, 5) is 11.5. The molecule has 0 radical (unpaired) electrons. The molecule has 3 heteroatoms. The Morgan fingerprint density at radius 3 is 2.71 bits per heavy atom. The predicted molar refractivity (Wildman–Crippen MR) is 59.2 cm³/mol. The van der Waals surface area contributed by atoms with Gasteiger partial charge in [-0.25, -0.2) is 4.68 Å². The molecule has 76 valence electrons. The van der Waals surface area contributed by atoms with E-state index in [2.05, 4.69) is 6.58 Å². The SMILES string of the molecule is C=CC/C=C(\C)n1c(=O)cc(C)n1C. The van der Waals surface area contributed by atoms with Gasteiger partial charge in [-0.2, -0.15) is 0 Å². The third-order valence-electron chi connectivity index (χ3n) is 2.27. The number of allylic oxidation sites excluding steroid dienone is 3. The predicted octanol–water partition coefficient (Wildman–Crippen LogP) is 1.93. The molecule has 0 aromatic carbocycles. The molecule has 14 heavy (non-hydrogen) atoms. The van der Waals surface area contributed by atoms with Crippen LogP contribution in [0.1, 0.15) is 19.0 Å². The Bertz CT molecular complexity index is 421. The molecule has 3 nitrogen and oxygen atoms in total. The molecular formula is C11H16N2O. The molecule has 0 saturated carbocycles. The lowest BCUT2D eigenvalue weighted by Crippen LogP contribution is -2.19. The van der Waals surface area contributed by atoms with E-state index in [1.165, 1.54) is 0 Å². The average molecular weight is 192 g/mol. The Hall–Kier alpha value is -1.51. The van der Waals surface area contributed by atoms with Gasteiger partial charge >= 0.3 is 0 Å². The van der Waals surface area contributed by atoms with Crippen molar-refractivity contribution in [2.45, 2.75) is 20.3 Å². The van der Waals surface area contributed by atoms with Gasteiger partial charge in [-0.3, -0.25) is 9.48 Å². The fourth-order valence-corrected chi connectivity index (χ4v) is 1.39. The zero-order valence-corrected chi connectivity index (χ0v) is 8.95. The van der Waals surface area contributed by atoms with E-state index < -0.39 is 0 Å². The van der Waals surface area contributed by atoms with Gasteiger partial charge in [-0.15, -0.1) is 6.58 Å². The first-order chi connectivity index (χ1) is 6.57. The van der Waals surface area contributed by atoms with E-state index >= 15 is 0 Å². The fraction of sp³-hybridized carbons (Fsp3) is 0.364. The normalized spacial score (nSPS) is 11.8. The van der Waals surface area contributed by atoms with Crippen LogP contribution in [0.4, 0.5) is 0 Å². The number of aryl methyl sites for hydroxylation is 1. The van der Waals surface area contributed by atoms with Gasteiger partial charge in [0.05, 0.1) is 0 Å². The highest BCUT2D eigenvalue weighted by atomic mass is 16.1. The minimum Gasteiger partial charge on any atom is -0.286 e. The van der Waals surface area contributed by atoms with Gasteiger partial charge in [-0.1, -0.05) is 12.2 Å². The molecule has 0 N–H and O–H groups in total. The van der Waals surface area contributed by atoms with Crippen molar-refractivity contribution in [3.05, 3.63) is 40.8 Å². The molecular weight excluding hydrogens is 176 g/mol. The second-order valence-corrected chi connectivity index (χ2v) is 3.33. The van der Waals surface area contributed by atoms with Crippen LogP contribution in [-0.2, 0) is 7.05 Å². The first-order valence-corrected chi connectivity index (χ1v) is 4.61. The molecule has 1 heterocycles. The Kier molecular flexibility index (Phi) is 3.12. The van der Waals surface area contributed by atoms with Gasteiger partial charge in [0.15, 0.2) is 0 Å². The third-order valence-corrected chi connectivity index (χ3v) is 2.27. The molecule has 1 aromatic rings. The van der Waals surface area contributed by atoms with Crippen LogP contribution in [0.5, 0.6) is 0 Å². The van der Waals surface area contributed by atoms with Gasteiger partial charge in [-0.05, 0) is 20.3 Å². The summed E-state index contributed by atoms with van der Waals surface area (Å²) >= 11 is 0. The van der Waals surface area contributed by atoms with Crippen LogP contribution >= 0.6 is 0 Å². The number of rotatable bonds is 3. The van der Waals surface area contributed by atoms with E-state index in [-0.39, 0.29) is 5.56 Å². The highest BCUT2D eigenvalue weighted by Gasteiger charge is 2.04. The molecule has 0 atom stereocenters. The zero-order chi connectivity index (χ0) is 10.7. The van der Waals surface area contributed by atoms with Gasteiger partial charge < -0.3 is 0 Å². The van der Waals surface area contributed by atoms with Gasteiger partial charge in [0.2, 0.25) is 0 Å². The van der Waals surface area contributed by atoms with Crippen molar-refractivity contribution in [3.8, 4) is 0 Å². The highest BCUT2D eigenvalue weighted by molar-refractivity contribution is 5.41. The lowest BCUT2D eigenvalue weighted by molar-refractivity contribution is 0.637. The van der Waals surface area contributed by atoms with E-state index in [1.807, 2.05) is 37.7 Å². The first kappa shape index (κ1) is 10.6. The van der Waals surface area contributed by atoms with E-state index in [0.717, 1.165) is 17.8 Å². The molecule has 0 aliphatic heterocycles. The quantitative estimate of drug-likeness (QED) is 0.672. The summed E-state index contributed by atoms with van der Waals surface area (Å²) in [7, 11) is 1.88. The Morgan fingerprint density at radius 2 is 2.29 bits per heavy atom. The van der Waals surface area contributed by atoms with Crippen molar-refractivity contribution in [3.63, 3.8) is 0 Å². The zero-order valence-electron chi connectivity index (χ0n) is 8.95. The molecule has 0 saturated heterocycles. The topological polar surface area (TPSA) is 26.9 Å². The van der Waals surface area contributed by atoms with Crippen LogP contribution in [-0.4, -0.2) is 9.36 Å². The van der Waals surface area contributed by atoms with Crippen molar-refractivity contribution < 1.29 is 0 Å². The molecule has 0 spiro atoms. The summed E-state index contributed by atoms with van der Waals surface area (Å²) in [6.07, 6.45) is 4.57. The van der Waals surface area contributed by atoms with E-state index in [4.69, 9.17) is 0 Å². The number of nitrogens with zero attached hydrogens (tertiary/aromatic N) is 2. The third kappa shape index (κ3) is 1.87. The van der Waals surface area contributed by atoms with Gasteiger partial charge in [0.1, 0.15) is 0 Å². The molecule has 0 aliphatic rings. The number of aromatic nitrogens is 2. The largest absolute Gasteiger partial charge is 0.286 e. The van der Waals surface area contributed by atoms with E-state index in [0.29, 0.717) is 0 Å². The van der Waals surface area contributed by atoms with Crippen LogP contribution in [0.15, 0.2) is 29.6 Å². The van der Waals surface area contributed by atoms with Crippen molar-refractivity contribution in [2.75, 3.05) is 0 Å².